The van der Waals surface area contributed by atoms with Crippen LogP contribution in [0, 0.1) is 5.82 Å². The van der Waals surface area contributed by atoms with Gasteiger partial charge in [-0.15, -0.1) is 11.3 Å². The zero-order chi connectivity index (χ0) is 14.1. The van der Waals surface area contributed by atoms with Gasteiger partial charge in [-0.25, -0.2) is 14.2 Å². The van der Waals surface area contributed by atoms with E-state index in [4.69, 9.17) is 16.3 Å². The highest BCUT2D eigenvalue weighted by atomic mass is 35.5. The Morgan fingerprint density at radius 2 is 2.15 bits per heavy atom. The number of aliphatic imine (C=N–C) groups is 1. The van der Waals surface area contributed by atoms with E-state index >= 15 is 0 Å². The maximum Gasteiger partial charge on any atom is 0.363 e. The van der Waals surface area contributed by atoms with Crippen LogP contribution in [0.25, 0.3) is 6.08 Å². The van der Waals surface area contributed by atoms with Gasteiger partial charge in [0, 0.05) is 10.4 Å². The molecule has 100 valence electrons. The molecular formula is C14H7ClFNO2S. The Hall–Kier alpha value is -1.98. The second-order valence-electron chi connectivity index (χ2n) is 3.99. The molecular weight excluding hydrogens is 301 g/mol. The Morgan fingerprint density at radius 1 is 1.30 bits per heavy atom. The van der Waals surface area contributed by atoms with Crippen LogP contribution < -0.4 is 0 Å². The van der Waals surface area contributed by atoms with Gasteiger partial charge in [-0.2, -0.15) is 0 Å². The quantitative estimate of drug-likeness (QED) is 0.624. The van der Waals surface area contributed by atoms with Crippen molar-refractivity contribution in [1.29, 1.82) is 0 Å². The normalized spacial score (nSPS) is 16.4. The molecule has 0 spiro atoms. The predicted octanol–water partition coefficient (Wildman–Crippen LogP) is 3.89. The molecule has 1 aromatic heterocycles. The van der Waals surface area contributed by atoms with Crippen LogP contribution in [0.4, 0.5) is 4.39 Å². The Kier molecular flexibility index (Phi) is 3.38. The molecule has 0 bridgehead atoms. The van der Waals surface area contributed by atoms with Gasteiger partial charge in [-0.05, 0) is 36.4 Å². The van der Waals surface area contributed by atoms with Crippen LogP contribution in [-0.4, -0.2) is 11.9 Å². The fourth-order valence-corrected chi connectivity index (χ4v) is 2.69. The summed E-state index contributed by atoms with van der Waals surface area (Å²) in [6.45, 7) is 0. The molecule has 1 aromatic carbocycles. The van der Waals surface area contributed by atoms with Gasteiger partial charge in [0.2, 0.25) is 5.90 Å². The minimum absolute atomic E-state index is 0.100. The van der Waals surface area contributed by atoms with E-state index in [2.05, 4.69) is 4.99 Å². The summed E-state index contributed by atoms with van der Waals surface area (Å²) in [5, 5.41) is 0. The van der Waals surface area contributed by atoms with Crippen LogP contribution in [0.3, 0.4) is 0 Å². The summed E-state index contributed by atoms with van der Waals surface area (Å²) in [5.74, 6) is -0.874. The van der Waals surface area contributed by atoms with Crippen LogP contribution in [0.5, 0.6) is 0 Å². The van der Waals surface area contributed by atoms with Gasteiger partial charge >= 0.3 is 5.97 Å². The number of thiophene rings is 1. The molecule has 0 fully saturated rings. The number of cyclic esters (lactones) is 1. The van der Waals surface area contributed by atoms with Crippen molar-refractivity contribution < 1.29 is 13.9 Å². The van der Waals surface area contributed by atoms with Crippen LogP contribution in [0.15, 0.2) is 47.1 Å². The number of rotatable bonds is 2. The van der Waals surface area contributed by atoms with E-state index in [1.165, 1.54) is 29.5 Å². The van der Waals surface area contributed by atoms with Gasteiger partial charge in [0.1, 0.15) is 5.82 Å². The highest BCUT2D eigenvalue weighted by Gasteiger charge is 2.24. The molecule has 0 atom stereocenters. The van der Waals surface area contributed by atoms with Crippen molar-refractivity contribution >= 4 is 40.9 Å². The summed E-state index contributed by atoms with van der Waals surface area (Å²) in [4.78, 5) is 16.6. The molecule has 2 aromatic rings. The fourth-order valence-electron chi connectivity index (χ4n) is 1.69. The van der Waals surface area contributed by atoms with Crippen molar-refractivity contribution in [3.05, 3.63) is 62.7 Å². The number of ether oxygens (including phenoxy) is 1. The average Bonchev–Trinajstić information content (AvgIpc) is 2.97. The van der Waals surface area contributed by atoms with E-state index in [0.29, 0.717) is 9.90 Å². The van der Waals surface area contributed by atoms with Crippen LogP contribution >= 0.6 is 22.9 Å². The molecule has 1 aliphatic heterocycles. The summed E-state index contributed by atoms with van der Waals surface area (Å²) in [7, 11) is 0. The molecule has 0 unspecified atom stereocenters. The van der Waals surface area contributed by atoms with Gasteiger partial charge in [0.15, 0.2) is 5.70 Å². The highest BCUT2D eigenvalue weighted by molar-refractivity contribution is 7.17. The van der Waals surface area contributed by atoms with Crippen LogP contribution in [0.1, 0.15) is 10.4 Å². The monoisotopic (exact) mass is 307 g/mol. The number of hydrogen-bond donors (Lipinski definition) is 0. The maximum absolute atomic E-state index is 13.1. The number of carbonyl (C=O) groups is 1. The summed E-state index contributed by atoms with van der Waals surface area (Å²) < 4.78 is 18.8. The molecule has 20 heavy (non-hydrogen) atoms. The fraction of sp³-hybridized carbons (Fsp3) is 0. The third-order valence-electron chi connectivity index (χ3n) is 2.57. The third kappa shape index (κ3) is 2.64. The summed E-state index contributed by atoms with van der Waals surface area (Å²) in [5.41, 5.74) is 0.591. The topological polar surface area (TPSA) is 38.7 Å². The Morgan fingerprint density at radius 3 is 2.85 bits per heavy atom. The largest absolute Gasteiger partial charge is 0.402 e. The summed E-state index contributed by atoms with van der Waals surface area (Å²) >= 11 is 7.15. The number of carbonyl (C=O) groups excluding carboxylic acids is 1. The second-order valence-corrected chi connectivity index (χ2v) is 5.73. The average molecular weight is 308 g/mol. The molecule has 3 nitrogen and oxygen atoms in total. The number of nitrogens with zero attached hydrogens (tertiary/aromatic N) is 1. The molecule has 6 heteroatoms. The molecule has 0 amide bonds. The minimum Gasteiger partial charge on any atom is -0.402 e. The third-order valence-corrected chi connectivity index (χ3v) is 3.74. The van der Waals surface area contributed by atoms with Gasteiger partial charge in [0.25, 0.3) is 0 Å². The molecule has 0 saturated heterocycles. The first-order valence-corrected chi connectivity index (χ1v) is 6.85. The first kappa shape index (κ1) is 13.0. The van der Waals surface area contributed by atoms with Crippen molar-refractivity contribution in [2.24, 2.45) is 4.99 Å². The second kappa shape index (κ2) is 5.19. The van der Waals surface area contributed by atoms with E-state index < -0.39 is 11.8 Å². The van der Waals surface area contributed by atoms with Crippen molar-refractivity contribution in [2.45, 2.75) is 0 Å². The Labute approximate surface area is 123 Å². The molecule has 2 heterocycles. The lowest BCUT2D eigenvalue weighted by atomic mass is 10.2. The zero-order valence-electron chi connectivity index (χ0n) is 9.97. The molecule has 0 radical (unpaired) electrons. The SMILES string of the molecule is O=C1OC(c2cccc(F)c2)=N/C1=C\c1ccc(Cl)s1. The summed E-state index contributed by atoms with van der Waals surface area (Å²) in [6.07, 6.45) is 1.59. The van der Waals surface area contributed by atoms with E-state index in [-0.39, 0.29) is 11.6 Å². The molecule has 1 aliphatic rings. The van der Waals surface area contributed by atoms with Crippen LogP contribution in [-0.2, 0) is 9.53 Å². The summed E-state index contributed by atoms with van der Waals surface area (Å²) in [6, 6.07) is 9.24. The van der Waals surface area contributed by atoms with Gasteiger partial charge in [-0.1, -0.05) is 17.7 Å². The Bertz CT molecular complexity index is 751. The van der Waals surface area contributed by atoms with Crippen molar-refractivity contribution in [3.63, 3.8) is 0 Å². The molecule has 0 saturated carbocycles. The number of benzene rings is 1. The predicted molar refractivity (Wildman–Crippen MR) is 76.3 cm³/mol. The number of halogens is 2. The molecule has 3 rings (SSSR count). The van der Waals surface area contributed by atoms with Gasteiger partial charge in [-0.3, -0.25) is 0 Å². The standard InChI is InChI=1S/C14H7ClFNO2S/c15-12-5-4-10(20-12)7-11-14(18)19-13(17-11)8-2-1-3-9(16)6-8/h1-7H/b11-7-. The first-order valence-electron chi connectivity index (χ1n) is 5.66. The van der Waals surface area contributed by atoms with E-state index in [9.17, 15) is 9.18 Å². The van der Waals surface area contributed by atoms with E-state index in [0.717, 1.165) is 4.88 Å². The molecule has 0 N–H and O–H groups in total. The van der Waals surface area contributed by atoms with Gasteiger partial charge < -0.3 is 4.74 Å². The maximum atomic E-state index is 13.1. The number of hydrogen-bond acceptors (Lipinski definition) is 4. The lowest BCUT2D eigenvalue weighted by Crippen LogP contribution is -2.05. The van der Waals surface area contributed by atoms with Gasteiger partial charge in [0.05, 0.1) is 4.34 Å². The minimum atomic E-state index is -0.561. The first-order chi connectivity index (χ1) is 9.61. The lowest BCUT2D eigenvalue weighted by Gasteiger charge is -1.98. The highest BCUT2D eigenvalue weighted by Crippen LogP contribution is 2.26. The van der Waals surface area contributed by atoms with Crippen molar-refractivity contribution in [3.8, 4) is 0 Å². The van der Waals surface area contributed by atoms with E-state index in [1.807, 2.05) is 0 Å². The van der Waals surface area contributed by atoms with E-state index in [1.54, 1.807) is 24.3 Å². The van der Waals surface area contributed by atoms with Crippen molar-refractivity contribution in [2.75, 3.05) is 0 Å². The molecule has 0 aliphatic carbocycles. The zero-order valence-corrected chi connectivity index (χ0v) is 11.5. The van der Waals surface area contributed by atoms with Crippen molar-refractivity contribution in [1.82, 2.24) is 0 Å². The smallest absolute Gasteiger partial charge is 0.363 e. The Balaban J connectivity index is 1.94. The number of esters is 1. The van der Waals surface area contributed by atoms with Crippen LogP contribution in [0.2, 0.25) is 4.34 Å². The lowest BCUT2D eigenvalue weighted by molar-refractivity contribution is -0.129.